The lowest BCUT2D eigenvalue weighted by atomic mass is 9.49. The maximum absolute atomic E-state index is 12.7. The van der Waals surface area contributed by atoms with Crippen molar-refractivity contribution in [2.45, 2.75) is 71.1 Å². The van der Waals surface area contributed by atoms with Crippen LogP contribution in [0.5, 0.6) is 0 Å². The van der Waals surface area contributed by atoms with Crippen LogP contribution in [0, 0.1) is 23.2 Å². The molecule has 0 aromatic heterocycles. The third-order valence-corrected chi connectivity index (χ3v) is 7.32. The minimum Gasteiger partial charge on any atom is -0.332 e. The first-order valence-electron chi connectivity index (χ1n) is 11.4. The molecule has 2 amide bonds. The smallest absolute Gasteiger partial charge is 0.226 e. The molecule has 0 saturated heterocycles. The maximum Gasteiger partial charge on any atom is 0.226 e. The third-order valence-electron chi connectivity index (χ3n) is 7.12. The summed E-state index contributed by atoms with van der Waals surface area (Å²) in [5, 5.41) is 9.20. The fraction of sp³-hybridized carbons (Fsp3) is 0.625. The number of nitrogens with one attached hydrogen (secondary N) is 3. The Morgan fingerprint density at radius 2 is 1.60 bits per heavy atom. The second-order valence-electron chi connectivity index (χ2n) is 9.83. The fourth-order valence-corrected chi connectivity index (χ4v) is 6.65. The molecule has 4 bridgehead atoms. The van der Waals surface area contributed by atoms with Crippen LogP contribution in [0.1, 0.15) is 71.1 Å². The molecule has 5 rings (SSSR count). The Balaban J connectivity index is 1.28. The van der Waals surface area contributed by atoms with Crippen molar-refractivity contribution in [1.82, 2.24) is 5.32 Å². The van der Waals surface area contributed by atoms with Crippen LogP contribution in [0.15, 0.2) is 24.3 Å². The molecule has 5 nitrogen and oxygen atoms in total. The molecule has 0 radical (unpaired) electrons. The molecule has 3 N–H and O–H groups in total. The van der Waals surface area contributed by atoms with Crippen molar-refractivity contribution in [2.24, 2.45) is 23.2 Å². The third kappa shape index (κ3) is 5.20. The van der Waals surface area contributed by atoms with E-state index in [-0.39, 0.29) is 17.2 Å². The van der Waals surface area contributed by atoms with Gasteiger partial charge in [0.1, 0.15) is 0 Å². The first-order chi connectivity index (χ1) is 14.4. The molecule has 1 aromatic rings. The van der Waals surface area contributed by atoms with Crippen molar-refractivity contribution < 1.29 is 9.59 Å². The molecule has 6 heteroatoms. The fourth-order valence-electron chi connectivity index (χ4n) is 6.42. The van der Waals surface area contributed by atoms with Crippen LogP contribution in [0.25, 0.3) is 0 Å². The number of unbranched alkanes of at least 4 members (excludes halogenated alkanes) is 1. The van der Waals surface area contributed by atoms with Crippen LogP contribution in [0.2, 0.25) is 0 Å². The molecule has 162 valence electrons. The summed E-state index contributed by atoms with van der Waals surface area (Å²) in [4.78, 5) is 24.7. The standard InChI is InChI=1S/C24H33N3O2S/c1-2-3-7-21(28)25-19-5-4-6-20(11-19)26-23(30)27-22(29)15-24-12-16-8-17(13-24)10-18(9-16)14-24/h4-6,11,16-18H,2-3,7-10,12-15H2,1H3,(H,25,28)(H2,26,27,29,30). The van der Waals surface area contributed by atoms with E-state index in [0.717, 1.165) is 42.0 Å². The Bertz CT molecular complexity index is 787. The zero-order chi connectivity index (χ0) is 21.1. The lowest BCUT2D eigenvalue weighted by molar-refractivity contribution is -0.128. The van der Waals surface area contributed by atoms with Crippen molar-refractivity contribution in [2.75, 3.05) is 10.6 Å². The zero-order valence-corrected chi connectivity index (χ0v) is 18.7. The summed E-state index contributed by atoms with van der Waals surface area (Å²) in [5.41, 5.74) is 1.68. The lowest BCUT2D eigenvalue weighted by Gasteiger charge is -2.56. The topological polar surface area (TPSA) is 70.2 Å². The summed E-state index contributed by atoms with van der Waals surface area (Å²) in [6.07, 6.45) is 10.8. The maximum atomic E-state index is 12.7. The molecule has 4 fully saturated rings. The van der Waals surface area contributed by atoms with Gasteiger partial charge >= 0.3 is 0 Å². The molecular weight excluding hydrogens is 394 g/mol. The average molecular weight is 428 g/mol. The normalized spacial score (nSPS) is 28.8. The van der Waals surface area contributed by atoms with Crippen LogP contribution < -0.4 is 16.0 Å². The van der Waals surface area contributed by atoms with Crippen molar-refractivity contribution in [3.05, 3.63) is 24.3 Å². The van der Waals surface area contributed by atoms with Gasteiger partial charge in [0.15, 0.2) is 5.11 Å². The van der Waals surface area contributed by atoms with E-state index in [1.807, 2.05) is 24.3 Å². The molecule has 4 aliphatic carbocycles. The Kier molecular flexibility index (Phi) is 6.42. The Morgan fingerprint density at radius 3 is 2.20 bits per heavy atom. The van der Waals surface area contributed by atoms with Crippen molar-refractivity contribution >= 4 is 40.5 Å². The summed E-state index contributed by atoms with van der Waals surface area (Å²) in [7, 11) is 0. The molecule has 4 aliphatic rings. The van der Waals surface area contributed by atoms with Gasteiger partial charge in [-0.25, -0.2) is 0 Å². The monoisotopic (exact) mass is 427 g/mol. The highest BCUT2D eigenvalue weighted by Crippen LogP contribution is 2.61. The Morgan fingerprint density at radius 1 is 1.00 bits per heavy atom. The Hall–Kier alpha value is -1.95. The van der Waals surface area contributed by atoms with Crippen molar-refractivity contribution in [3.8, 4) is 0 Å². The molecule has 30 heavy (non-hydrogen) atoms. The molecule has 0 atom stereocenters. The molecule has 0 aliphatic heterocycles. The van der Waals surface area contributed by atoms with Crippen LogP contribution >= 0.6 is 12.2 Å². The number of carbonyl (C=O) groups excluding carboxylic acids is 2. The molecule has 4 saturated carbocycles. The summed E-state index contributed by atoms with van der Waals surface area (Å²) in [5.74, 6) is 2.55. The largest absolute Gasteiger partial charge is 0.332 e. The van der Waals surface area contributed by atoms with Gasteiger partial charge in [0, 0.05) is 24.2 Å². The number of hydrogen-bond acceptors (Lipinski definition) is 3. The predicted molar refractivity (Wildman–Crippen MR) is 124 cm³/mol. The molecule has 1 aromatic carbocycles. The highest BCUT2D eigenvalue weighted by molar-refractivity contribution is 7.80. The molecular formula is C24H33N3O2S. The van der Waals surface area contributed by atoms with Gasteiger partial charge in [-0.1, -0.05) is 19.4 Å². The van der Waals surface area contributed by atoms with Gasteiger partial charge in [-0.2, -0.15) is 0 Å². The molecule has 0 spiro atoms. The summed E-state index contributed by atoms with van der Waals surface area (Å²) in [6, 6.07) is 7.42. The van der Waals surface area contributed by atoms with E-state index >= 15 is 0 Å². The van der Waals surface area contributed by atoms with Crippen LogP contribution in [0.3, 0.4) is 0 Å². The van der Waals surface area contributed by atoms with Gasteiger partial charge in [-0.15, -0.1) is 0 Å². The number of rotatable bonds is 7. The summed E-state index contributed by atoms with van der Waals surface area (Å²) >= 11 is 5.38. The average Bonchev–Trinajstić information content (AvgIpc) is 2.64. The summed E-state index contributed by atoms with van der Waals surface area (Å²) in [6.45, 7) is 2.07. The highest BCUT2D eigenvalue weighted by Gasteiger charge is 2.51. The minimum atomic E-state index is 0.0143. The lowest BCUT2D eigenvalue weighted by Crippen LogP contribution is -2.48. The SMILES string of the molecule is CCCCC(=O)Nc1cccc(NC(=S)NC(=O)CC23CC4CC(CC(C4)C2)C3)c1. The number of anilines is 2. The first-order valence-corrected chi connectivity index (χ1v) is 11.8. The predicted octanol–water partition coefficient (Wildman–Crippen LogP) is 5.23. The minimum absolute atomic E-state index is 0.0143. The quantitative estimate of drug-likeness (QED) is 0.521. The second kappa shape index (κ2) is 9.04. The van der Waals surface area contributed by atoms with Gasteiger partial charge in [0.2, 0.25) is 11.8 Å². The first kappa shape index (κ1) is 21.3. The molecule has 0 heterocycles. The van der Waals surface area contributed by atoms with E-state index < -0.39 is 0 Å². The molecule has 0 unspecified atom stereocenters. The number of amides is 2. The van der Waals surface area contributed by atoms with Crippen molar-refractivity contribution in [3.63, 3.8) is 0 Å². The van der Waals surface area contributed by atoms with E-state index in [0.29, 0.717) is 18.0 Å². The van der Waals surface area contributed by atoms with E-state index in [9.17, 15) is 9.59 Å². The van der Waals surface area contributed by atoms with E-state index in [1.54, 1.807) is 0 Å². The van der Waals surface area contributed by atoms with Gasteiger partial charge in [-0.3, -0.25) is 9.59 Å². The highest BCUT2D eigenvalue weighted by atomic mass is 32.1. The van der Waals surface area contributed by atoms with Gasteiger partial charge in [0.25, 0.3) is 0 Å². The van der Waals surface area contributed by atoms with Gasteiger partial charge in [0.05, 0.1) is 0 Å². The van der Waals surface area contributed by atoms with Gasteiger partial charge in [-0.05, 0) is 98.5 Å². The van der Waals surface area contributed by atoms with Crippen molar-refractivity contribution in [1.29, 1.82) is 0 Å². The van der Waals surface area contributed by atoms with E-state index in [1.165, 1.54) is 38.5 Å². The van der Waals surface area contributed by atoms with E-state index in [4.69, 9.17) is 12.2 Å². The zero-order valence-electron chi connectivity index (χ0n) is 17.8. The number of hydrogen-bond donors (Lipinski definition) is 3. The Labute approximate surface area is 184 Å². The second-order valence-corrected chi connectivity index (χ2v) is 10.2. The number of carbonyl (C=O) groups is 2. The van der Waals surface area contributed by atoms with Crippen LogP contribution in [0.4, 0.5) is 11.4 Å². The van der Waals surface area contributed by atoms with Gasteiger partial charge < -0.3 is 16.0 Å². The summed E-state index contributed by atoms with van der Waals surface area (Å²) < 4.78 is 0. The number of benzene rings is 1. The van der Waals surface area contributed by atoms with E-state index in [2.05, 4.69) is 22.9 Å². The number of thiocarbonyl (C=S) groups is 1. The van der Waals surface area contributed by atoms with Crippen LogP contribution in [-0.2, 0) is 9.59 Å². The van der Waals surface area contributed by atoms with Crippen LogP contribution in [-0.4, -0.2) is 16.9 Å².